The molecule has 0 spiro atoms. The molecule has 1 aromatic heterocycles. The van der Waals surface area contributed by atoms with Crippen molar-refractivity contribution in [1.82, 2.24) is 3.97 Å². The first-order valence-electron chi connectivity index (χ1n) is 8.29. The van der Waals surface area contributed by atoms with Gasteiger partial charge in [-0.25, -0.2) is 12.4 Å². The number of Topliss-reactive ketones (excluding diaryl/α,β-unsaturated/α-hetero) is 1. The number of benzene rings is 2. The third kappa shape index (κ3) is 2.99. The maximum atomic E-state index is 13.3. The van der Waals surface area contributed by atoms with Gasteiger partial charge in [0.15, 0.2) is 0 Å². The second-order valence-corrected chi connectivity index (χ2v) is 9.02. The Kier molecular flexibility index (Phi) is 4.36. The fourth-order valence-electron chi connectivity index (χ4n) is 2.74. The standard InChI is InChI=1S/C21H21NO3S/c1-15(21(2,3)4)20(23)19-14-16-10-8-9-13-18(16)22(19)26(24,25)17-11-6-5-7-12-17/h5-14H,1H2,2-4H3. The topological polar surface area (TPSA) is 56.1 Å². The van der Waals surface area contributed by atoms with Crippen LogP contribution in [0.5, 0.6) is 0 Å². The van der Waals surface area contributed by atoms with E-state index in [-0.39, 0.29) is 16.4 Å². The van der Waals surface area contributed by atoms with Gasteiger partial charge in [0.25, 0.3) is 10.0 Å². The van der Waals surface area contributed by atoms with Crippen molar-refractivity contribution in [3.63, 3.8) is 0 Å². The molecule has 0 N–H and O–H groups in total. The van der Waals surface area contributed by atoms with E-state index in [4.69, 9.17) is 0 Å². The zero-order chi connectivity index (χ0) is 19.1. The first-order valence-corrected chi connectivity index (χ1v) is 9.73. The van der Waals surface area contributed by atoms with Crippen LogP contribution in [-0.2, 0) is 10.0 Å². The Hall–Kier alpha value is -2.66. The number of carbonyl (C=O) groups is 1. The number of hydrogen-bond donors (Lipinski definition) is 0. The average molecular weight is 367 g/mol. The Morgan fingerprint density at radius 3 is 2.15 bits per heavy atom. The molecule has 0 unspecified atom stereocenters. The molecule has 0 aliphatic heterocycles. The molecule has 4 nitrogen and oxygen atoms in total. The Balaban J connectivity index is 2.31. The Morgan fingerprint density at radius 1 is 0.962 bits per heavy atom. The highest BCUT2D eigenvalue weighted by Gasteiger charge is 2.30. The molecule has 0 saturated heterocycles. The van der Waals surface area contributed by atoms with Crippen LogP contribution in [0.1, 0.15) is 31.3 Å². The van der Waals surface area contributed by atoms with E-state index < -0.39 is 15.4 Å². The van der Waals surface area contributed by atoms with E-state index in [1.165, 1.54) is 12.1 Å². The number of allylic oxidation sites excluding steroid dienone is 1. The van der Waals surface area contributed by atoms with Crippen molar-refractivity contribution in [2.24, 2.45) is 5.41 Å². The molecule has 26 heavy (non-hydrogen) atoms. The van der Waals surface area contributed by atoms with Gasteiger partial charge in [0.1, 0.15) is 5.69 Å². The summed E-state index contributed by atoms with van der Waals surface area (Å²) < 4.78 is 27.7. The maximum absolute atomic E-state index is 13.3. The summed E-state index contributed by atoms with van der Waals surface area (Å²) in [4.78, 5) is 13.2. The van der Waals surface area contributed by atoms with Crippen molar-refractivity contribution in [2.75, 3.05) is 0 Å². The minimum Gasteiger partial charge on any atom is -0.287 e. The molecule has 2 aromatic carbocycles. The normalized spacial score (nSPS) is 12.3. The molecule has 0 radical (unpaired) electrons. The molecule has 0 atom stereocenters. The highest BCUT2D eigenvalue weighted by molar-refractivity contribution is 7.90. The average Bonchev–Trinajstić information content (AvgIpc) is 3.00. The number of ketones is 1. The fourth-order valence-corrected chi connectivity index (χ4v) is 4.27. The van der Waals surface area contributed by atoms with Gasteiger partial charge in [0, 0.05) is 5.39 Å². The predicted octanol–water partition coefficient (Wildman–Crippen LogP) is 4.66. The van der Waals surface area contributed by atoms with Crippen LogP contribution >= 0.6 is 0 Å². The van der Waals surface area contributed by atoms with Crippen molar-refractivity contribution in [3.8, 4) is 0 Å². The van der Waals surface area contributed by atoms with Crippen LogP contribution in [0.25, 0.3) is 10.9 Å². The molecule has 0 bridgehead atoms. The van der Waals surface area contributed by atoms with E-state index in [2.05, 4.69) is 6.58 Å². The van der Waals surface area contributed by atoms with Gasteiger partial charge in [-0.05, 0) is 35.3 Å². The van der Waals surface area contributed by atoms with Crippen LogP contribution in [0.4, 0.5) is 0 Å². The third-order valence-electron chi connectivity index (χ3n) is 4.36. The highest BCUT2D eigenvalue weighted by Crippen LogP contribution is 2.31. The van der Waals surface area contributed by atoms with Gasteiger partial charge >= 0.3 is 0 Å². The van der Waals surface area contributed by atoms with Crippen molar-refractivity contribution < 1.29 is 13.2 Å². The number of nitrogens with zero attached hydrogens (tertiary/aromatic N) is 1. The Bertz CT molecular complexity index is 1100. The largest absolute Gasteiger partial charge is 0.287 e. The van der Waals surface area contributed by atoms with E-state index in [0.717, 1.165) is 3.97 Å². The van der Waals surface area contributed by atoms with Crippen molar-refractivity contribution in [1.29, 1.82) is 0 Å². The number of hydrogen-bond acceptors (Lipinski definition) is 3. The van der Waals surface area contributed by atoms with Gasteiger partial charge in [-0.3, -0.25) is 4.79 Å². The van der Waals surface area contributed by atoms with E-state index in [1.54, 1.807) is 42.5 Å². The molecule has 3 aromatic rings. The molecule has 0 aliphatic rings. The smallest absolute Gasteiger partial charge is 0.268 e. The van der Waals surface area contributed by atoms with Crippen molar-refractivity contribution in [2.45, 2.75) is 25.7 Å². The van der Waals surface area contributed by atoms with Gasteiger partial charge in [-0.2, -0.15) is 0 Å². The first-order chi connectivity index (χ1) is 12.1. The lowest BCUT2D eigenvalue weighted by Gasteiger charge is -2.21. The van der Waals surface area contributed by atoms with Crippen LogP contribution in [0.3, 0.4) is 0 Å². The van der Waals surface area contributed by atoms with Crippen LogP contribution in [0, 0.1) is 5.41 Å². The summed E-state index contributed by atoms with van der Waals surface area (Å²) in [5, 5.41) is 0.692. The van der Waals surface area contributed by atoms with Gasteiger partial charge in [0.2, 0.25) is 5.78 Å². The summed E-state index contributed by atoms with van der Waals surface area (Å²) in [6.07, 6.45) is 0. The van der Waals surface area contributed by atoms with Gasteiger partial charge in [0.05, 0.1) is 10.4 Å². The quantitative estimate of drug-likeness (QED) is 0.498. The van der Waals surface area contributed by atoms with E-state index in [1.807, 2.05) is 26.8 Å². The molecule has 0 fully saturated rings. The van der Waals surface area contributed by atoms with Gasteiger partial charge < -0.3 is 0 Å². The molecule has 1 heterocycles. The summed E-state index contributed by atoms with van der Waals surface area (Å²) in [5.41, 5.74) is 0.482. The lowest BCUT2D eigenvalue weighted by molar-refractivity contribution is 0.100. The molecule has 134 valence electrons. The maximum Gasteiger partial charge on any atom is 0.268 e. The van der Waals surface area contributed by atoms with Gasteiger partial charge in [-0.1, -0.05) is 63.7 Å². The predicted molar refractivity (Wildman–Crippen MR) is 104 cm³/mol. The highest BCUT2D eigenvalue weighted by atomic mass is 32.2. The second-order valence-electron chi connectivity index (χ2n) is 7.23. The van der Waals surface area contributed by atoms with E-state index in [9.17, 15) is 13.2 Å². The summed E-state index contributed by atoms with van der Waals surface area (Å²) in [6.45, 7) is 9.55. The molecule has 0 aliphatic carbocycles. The van der Waals surface area contributed by atoms with Crippen LogP contribution in [0.2, 0.25) is 0 Å². The van der Waals surface area contributed by atoms with Gasteiger partial charge in [-0.15, -0.1) is 0 Å². The monoisotopic (exact) mass is 367 g/mol. The fraction of sp³-hybridized carbons (Fsp3) is 0.190. The lowest BCUT2D eigenvalue weighted by atomic mass is 9.84. The van der Waals surface area contributed by atoms with Crippen molar-refractivity contribution in [3.05, 3.63) is 78.5 Å². The minimum atomic E-state index is -3.92. The van der Waals surface area contributed by atoms with Crippen LogP contribution < -0.4 is 0 Å². The van der Waals surface area contributed by atoms with E-state index in [0.29, 0.717) is 16.5 Å². The molecule has 3 rings (SSSR count). The number of carbonyl (C=O) groups excluding carboxylic acids is 1. The summed E-state index contributed by atoms with van der Waals surface area (Å²) in [5.74, 6) is -0.367. The number of para-hydroxylation sites is 1. The SMILES string of the molecule is C=C(C(=O)c1cc2ccccc2n1S(=O)(=O)c1ccccc1)C(C)(C)C. The molecular formula is C21H21NO3S. The van der Waals surface area contributed by atoms with E-state index >= 15 is 0 Å². The number of fused-ring (bicyclic) bond motifs is 1. The number of aromatic nitrogens is 1. The molecule has 0 amide bonds. The Labute approximate surface area is 153 Å². The lowest BCUT2D eigenvalue weighted by Crippen LogP contribution is -2.23. The molecule has 0 saturated carbocycles. The second kappa shape index (κ2) is 6.25. The summed E-state index contributed by atoms with van der Waals surface area (Å²) in [6, 6.07) is 16.8. The first kappa shape index (κ1) is 18.1. The van der Waals surface area contributed by atoms with Crippen molar-refractivity contribution >= 4 is 26.7 Å². The zero-order valence-corrected chi connectivity index (χ0v) is 15.9. The number of rotatable bonds is 4. The Morgan fingerprint density at radius 2 is 1.54 bits per heavy atom. The molecule has 5 heteroatoms. The third-order valence-corrected chi connectivity index (χ3v) is 6.10. The molecular weight excluding hydrogens is 346 g/mol. The van der Waals surface area contributed by atoms with Crippen LogP contribution in [-0.4, -0.2) is 18.2 Å². The summed E-state index contributed by atoms with van der Waals surface area (Å²) >= 11 is 0. The zero-order valence-electron chi connectivity index (χ0n) is 15.1. The van der Waals surface area contributed by atoms with Crippen LogP contribution in [0.15, 0.2) is 77.7 Å². The summed E-state index contributed by atoms with van der Waals surface area (Å²) in [7, 11) is -3.92. The minimum absolute atomic E-state index is 0.106.